The Bertz CT molecular complexity index is 471. The van der Waals surface area contributed by atoms with E-state index in [1.54, 1.807) is 0 Å². The molecule has 0 aromatic carbocycles. The van der Waals surface area contributed by atoms with Crippen LogP contribution in [0.1, 0.15) is 4.88 Å². The van der Waals surface area contributed by atoms with Crippen LogP contribution in [0.25, 0.3) is 11.3 Å². The molecule has 0 radical (unpaired) electrons. The number of anilines is 2. The van der Waals surface area contributed by atoms with E-state index in [1.807, 2.05) is 0 Å². The van der Waals surface area contributed by atoms with E-state index in [0.29, 0.717) is 21.4 Å². The number of nitrogens with two attached hydrogens (primary N) is 1. The molecular formula is C8H8FN5S. The maximum absolute atomic E-state index is 12.9. The first-order chi connectivity index (χ1) is 7.24. The third-order valence-corrected chi connectivity index (χ3v) is 3.24. The highest BCUT2D eigenvalue weighted by molar-refractivity contribution is 7.15. The highest BCUT2D eigenvalue weighted by Gasteiger charge is 2.21. The van der Waals surface area contributed by atoms with E-state index >= 15 is 0 Å². The van der Waals surface area contributed by atoms with Crippen LogP contribution in [0.3, 0.4) is 0 Å². The number of nitrogens with one attached hydrogen (secondary N) is 1. The zero-order valence-corrected chi connectivity index (χ0v) is 8.51. The summed E-state index contributed by atoms with van der Waals surface area (Å²) < 4.78 is 12.9. The fourth-order valence-electron chi connectivity index (χ4n) is 1.69. The molecule has 5 nitrogen and oxygen atoms in total. The summed E-state index contributed by atoms with van der Waals surface area (Å²) in [5.74, 6) is 0.529. The molecule has 0 spiro atoms. The molecule has 0 bridgehead atoms. The summed E-state index contributed by atoms with van der Waals surface area (Å²) in [5.41, 5.74) is 7.07. The van der Waals surface area contributed by atoms with Gasteiger partial charge in [-0.2, -0.15) is 0 Å². The number of hydrogen-bond acceptors (Lipinski definition) is 5. The molecule has 0 saturated carbocycles. The monoisotopic (exact) mass is 225 g/mol. The van der Waals surface area contributed by atoms with Gasteiger partial charge in [-0.3, -0.25) is 0 Å². The summed E-state index contributed by atoms with van der Waals surface area (Å²) in [6.45, 7) is 0.721. The third kappa shape index (κ3) is 1.27. The number of hydrogen-bond donors (Lipinski definition) is 2. The lowest BCUT2D eigenvalue weighted by Gasteiger charge is -1.97. The van der Waals surface area contributed by atoms with Gasteiger partial charge in [-0.15, -0.1) is 21.3 Å². The first kappa shape index (κ1) is 8.66. The average molecular weight is 225 g/mol. The molecule has 0 amide bonds. The van der Waals surface area contributed by atoms with Crippen LogP contribution in [0.4, 0.5) is 15.4 Å². The van der Waals surface area contributed by atoms with Gasteiger partial charge in [-0.25, -0.2) is 4.98 Å². The van der Waals surface area contributed by atoms with Gasteiger partial charge >= 0.3 is 0 Å². The van der Waals surface area contributed by atoms with E-state index < -0.39 is 0 Å². The van der Waals surface area contributed by atoms with Crippen molar-refractivity contribution in [2.75, 3.05) is 17.6 Å². The standard InChI is InChI=1S/C8H8FN5S/c9-14-3-4-6-5(15-8(10)12-6)1-2-11-7(4)13-14/h3H,1-2H2,(H2,10,12)(H,11,13). The van der Waals surface area contributed by atoms with E-state index in [1.165, 1.54) is 17.5 Å². The molecule has 0 atom stereocenters. The Morgan fingerprint density at radius 2 is 2.47 bits per heavy atom. The minimum atomic E-state index is 0.294. The van der Waals surface area contributed by atoms with Crippen molar-refractivity contribution in [3.05, 3.63) is 11.1 Å². The number of nitrogen functional groups attached to an aromatic ring is 1. The maximum atomic E-state index is 12.9. The second kappa shape index (κ2) is 2.93. The smallest absolute Gasteiger partial charge is 0.180 e. The van der Waals surface area contributed by atoms with Crippen LogP contribution in [0.2, 0.25) is 0 Å². The third-order valence-electron chi connectivity index (χ3n) is 2.30. The van der Waals surface area contributed by atoms with Crippen molar-refractivity contribution in [2.45, 2.75) is 6.42 Å². The van der Waals surface area contributed by atoms with Crippen molar-refractivity contribution < 1.29 is 4.48 Å². The van der Waals surface area contributed by atoms with Crippen LogP contribution in [-0.2, 0) is 6.42 Å². The van der Waals surface area contributed by atoms with E-state index in [4.69, 9.17) is 5.73 Å². The highest BCUT2D eigenvalue weighted by atomic mass is 32.1. The number of nitrogens with zero attached hydrogens (tertiary/aromatic N) is 3. The second-order valence-corrected chi connectivity index (χ2v) is 4.40. The summed E-state index contributed by atoms with van der Waals surface area (Å²) in [7, 11) is 0. The Morgan fingerprint density at radius 1 is 1.60 bits per heavy atom. The van der Waals surface area contributed by atoms with Crippen molar-refractivity contribution in [3.8, 4) is 11.3 Å². The van der Waals surface area contributed by atoms with Gasteiger partial charge in [0.05, 0.1) is 17.5 Å². The van der Waals surface area contributed by atoms with Gasteiger partial charge in [-0.1, -0.05) is 4.48 Å². The van der Waals surface area contributed by atoms with Crippen LogP contribution in [0.15, 0.2) is 6.20 Å². The lowest BCUT2D eigenvalue weighted by atomic mass is 10.2. The van der Waals surface area contributed by atoms with Gasteiger partial charge in [0.15, 0.2) is 10.9 Å². The molecule has 2 aromatic heterocycles. The van der Waals surface area contributed by atoms with Crippen LogP contribution in [0, 0.1) is 0 Å². The summed E-state index contributed by atoms with van der Waals surface area (Å²) in [6, 6.07) is 0. The van der Waals surface area contributed by atoms with E-state index in [9.17, 15) is 4.48 Å². The molecule has 3 rings (SSSR count). The number of aromatic nitrogens is 3. The molecular weight excluding hydrogens is 217 g/mol. The second-order valence-electron chi connectivity index (χ2n) is 3.28. The predicted molar refractivity (Wildman–Crippen MR) is 56.4 cm³/mol. The largest absolute Gasteiger partial charge is 0.375 e. The van der Waals surface area contributed by atoms with E-state index in [2.05, 4.69) is 15.4 Å². The molecule has 0 aliphatic carbocycles. The van der Waals surface area contributed by atoms with Crippen LogP contribution < -0.4 is 11.1 Å². The molecule has 2 aromatic rings. The Balaban J connectivity index is 2.25. The van der Waals surface area contributed by atoms with Crippen molar-refractivity contribution >= 4 is 22.3 Å². The maximum Gasteiger partial charge on any atom is 0.180 e. The molecule has 3 heterocycles. The Hall–Kier alpha value is -1.63. The Kier molecular flexibility index (Phi) is 1.69. The molecule has 0 saturated heterocycles. The van der Waals surface area contributed by atoms with Gasteiger partial charge in [-0.05, 0) is 0 Å². The summed E-state index contributed by atoms with van der Waals surface area (Å²) >= 11 is 1.44. The topological polar surface area (TPSA) is 68.8 Å². The van der Waals surface area contributed by atoms with E-state index in [0.717, 1.165) is 23.5 Å². The van der Waals surface area contributed by atoms with Crippen molar-refractivity contribution in [2.24, 2.45) is 0 Å². The Labute approximate surface area is 88.7 Å². The molecule has 3 N–H and O–H groups in total. The van der Waals surface area contributed by atoms with Crippen molar-refractivity contribution in [1.29, 1.82) is 0 Å². The SMILES string of the molecule is Nc1nc2c(s1)CCNc1nn(F)cc1-2. The van der Waals surface area contributed by atoms with Gasteiger partial charge in [0.2, 0.25) is 0 Å². The van der Waals surface area contributed by atoms with E-state index in [-0.39, 0.29) is 0 Å². The minimum absolute atomic E-state index is 0.294. The average Bonchev–Trinajstić information content (AvgIpc) is 2.67. The summed E-state index contributed by atoms with van der Waals surface area (Å²) in [4.78, 5) is 5.57. The molecule has 0 unspecified atom stereocenters. The van der Waals surface area contributed by atoms with Crippen molar-refractivity contribution in [1.82, 2.24) is 15.0 Å². The fourth-order valence-corrected chi connectivity index (χ4v) is 2.54. The first-order valence-corrected chi connectivity index (χ1v) is 5.31. The lowest BCUT2D eigenvalue weighted by Crippen LogP contribution is -2.02. The van der Waals surface area contributed by atoms with Gasteiger partial charge < -0.3 is 11.1 Å². The minimum Gasteiger partial charge on any atom is -0.375 e. The quantitative estimate of drug-likeness (QED) is 0.709. The van der Waals surface area contributed by atoms with Crippen LogP contribution >= 0.6 is 11.3 Å². The molecule has 0 fully saturated rings. The molecule has 15 heavy (non-hydrogen) atoms. The van der Waals surface area contributed by atoms with Crippen LogP contribution in [-0.4, -0.2) is 21.5 Å². The summed E-state index contributed by atoms with van der Waals surface area (Å²) in [6.07, 6.45) is 2.15. The zero-order chi connectivity index (χ0) is 10.4. The predicted octanol–water partition coefficient (Wildman–Crippen LogP) is 1.29. The molecule has 78 valence electrons. The number of halogens is 1. The number of fused-ring (bicyclic) bond motifs is 3. The first-order valence-electron chi connectivity index (χ1n) is 4.49. The molecule has 7 heteroatoms. The highest BCUT2D eigenvalue weighted by Crippen LogP contribution is 2.35. The van der Waals surface area contributed by atoms with Crippen LogP contribution in [0.5, 0.6) is 0 Å². The zero-order valence-electron chi connectivity index (χ0n) is 7.70. The van der Waals surface area contributed by atoms with Gasteiger partial charge in [0.25, 0.3) is 0 Å². The molecule has 1 aliphatic heterocycles. The number of thiazole rings is 1. The van der Waals surface area contributed by atoms with Gasteiger partial charge in [0, 0.05) is 17.8 Å². The Morgan fingerprint density at radius 3 is 3.33 bits per heavy atom. The lowest BCUT2D eigenvalue weighted by molar-refractivity contribution is 0.317. The normalized spacial score (nSPS) is 13.9. The molecule has 1 aliphatic rings. The van der Waals surface area contributed by atoms with Crippen molar-refractivity contribution in [3.63, 3.8) is 0 Å². The fraction of sp³-hybridized carbons (Fsp3) is 0.250. The van der Waals surface area contributed by atoms with Gasteiger partial charge in [0.1, 0.15) is 0 Å². The number of rotatable bonds is 0. The summed E-state index contributed by atoms with van der Waals surface area (Å²) in [5, 5.41) is 7.25.